The van der Waals surface area contributed by atoms with E-state index in [-0.39, 0.29) is 0 Å². The van der Waals surface area contributed by atoms with E-state index in [1.807, 2.05) is 0 Å². The highest BCUT2D eigenvalue weighted by molar-refractivity contribution is 14.1. The Balaban J connectivity index is 2.28. The zero-order chi connectivity index (χ0) is 5.98. The second-order valence-corrected chi connectivity index (χ2v) is 4.06. The highest BCUT2D eigenvalue weighted by atomic mass is 127. The summed E-state index contributed by atoms with van der Waals surface area (Å²) in [5.41, 5.74) is 5.77. The van der Waals surface area contributed by atoms with Crippen LogP contribution in [0.2, 0.25) is 0 Å². The molecule has 8 heavy (non-hydrogen) atoms. The molecule has 2 N–H and O–H groups in total. The highest BCUT2D eigenvalue weighted by Crippen LogP contribution is 2.22. The van der Waals surface area contributed by atoms with Crippen LogP contribution in [-0.2, 0) is 0 Å². The second kappa shape index (κ2) is 3.01. The van der Waals surface area contributed by atoms with E-state index in [0.29, 0.717) is 6.04 Å². The highest BCUT2D eigenvalue weighted by Gasteiger charge is 2.17. The Morgan fingerprint density at radius 2 is 1.88 bits per heavy atom. The summed E-state index contributed by atoms with van der Waals surface area (Å²) in [6.07, 6.45) is 5.32. The Bertz CT molecular complexity index is 64.9. The third kappa shape index (κ3) is 1.58. The predicted octanol–water partition coefficient (Wildman–Crippen LogP) is 1.69. The summed E-state index contributed by atoms with van der Waals surface area (Å²) in [7, 11) is 0. The smallest absolute Gasteiger partial charge is 0.0261 e. The summed E-state index contributed by atoms with van der Waals surface area (Å²) < 4.78 is 0.751. The van der Waals surface area contributed by atoms with Gasteiger partial charge < -0.3 is 5.73 Å². The van der Waals surface area contributed by atoms with E-state index < -0.39 is 0 Å². The maximum atomic E-state index is 5.77. The average Bonchev–Trinajstić information content (AvgIpc) is 1.77. The van der Waals surface area contributed by atoms with E-state index >= 15 is 0 Å². The van der Waals surface area contributed by atoms with Gasteiger partial charge in [-0.25, -0.2) is 0 Å². The maximum absolute atomic E-state index is 5.77. The van der Waals surface area contributed by atoms with Crippen molar-refractivity contribution in [3.05, 3.63) is 0 Å². The van der Waals surface area contributed by atoms with Crippen LogP contribution in [0.4, 0.5) is 0 Å². The zero-order valence-electron chi connectivity index (χ0n) is 4.94. The van der Waals surface area contributed by atoms with Crippen LogP contribution in [0.3, 0.4) is 0 Å². The van der Waals surface area contributed by atoms with Crippen LogP contribution >= 0.6 is 22.6 Å². The third-order valence-electron chi connectivity index (χ3n) is 1.73. The van der Waals surface area contributed by atoms with Gasteiger partial charge in [0.15, 0.2) is 0 Å². The van der Waals surface area contributed by atoms with Crippen LogP contribution in [0.1, 0.15) is 25.7 Å². The van der Waals surface area contributed by atoms with E-state index in [4.69, 9.17) is 5.73 Å². The van der Waals surface area contributed by atoms with E-state index in [1.54, 1.807) is 0 Å². The van der Waals surface area contributed by atoms with Crippen LogP contribution < -0.4 is 5.73 Å². The van der Waals surface area contributed by atoms with Gasteiger partial charge in [0.25, 0.3) is 0 Å². The molecule has 0 aromatic rings. The summed E-state index contributed by atoms with van der Waals surface area (Å²) in [5, 5.41) is 0. The summed E-state index contributed by atoms with van der Waals surface area (Å²) in [5.74, 6) is 0. The topological polar surface area (TPSA) is 26.0 Å². The molecule has 0 amide bonds. The normalized spacial score (nSPS) is 39.8. The number of hydrogen-bond donors (Lipinski definition) is 1. The Morgan fingerprint density at radius 3 is 2.25 bits per heavy atom. The van der Waals surface area contributed by atoms with Gasteiger partial charge in [-0.05, 0) is 12.8 Å². The SMILES string of the molecule is N[C@@H]1CCCC[C@@H]1I. The molecule has 0 heterocycles. The molecule has 0 spiro atoms. The monoisotopic (exact) mass is 225 g/mol. The molecule has 2 heteroatoms. The molecule has 1 rings (SSSR count). The largest absolute Gasteiger partial charge is 0.327 e. The molecule has 1 saturated carbocycles. The van der Waals surface area contributed by atoms with Gasteiger partial charge in [0.05, 0.1) is 0 Å². The van der Waals surface area contributed by atoms with Crippen molar-refractivity contribution in [1.29, 1.82) is 0 Å². The van der Waals surface area contributed by atoms with Crippen molar-refractivity contribution in [3.63, 3.8) is 0 Å². The van der Waals surface area contributed by atoms with Crippen LogP contribution in [0.15, 0.2) is 0 Å². The molecule has 48 valence electrons. The molecule has 0 unspecified atom stereocenters. The molecular formula is C6H12IN. The molecule has 1 aliphatic carbocycles. The van der Waals surface area contributed by atoms with Crippen molar-refractivity contribution in [2.45, 2.75) is 35.6 Å². The van der Waals surface area contributed by atoms with Gasteiger partial charge in [0, 0.05) is 9.97 Å². The fourth-order valence-corrected chi connectivity index (χ4v) is 1.91. The Labute approximate surface area is 64.2 Å². The lowest BCUT2D eigenvalue weighted by molar-refractivity contribution is 0.465. The fourth-order valence-electron chi connectivity index (χ4n) is 1.11. The molecule has 1 fully saturated rings. The van der Waals surface area contributed by atoms with Crippen molar-refractivity contribution < 1.29 is 0 Å². The van der Waals surface area contributed by atoms with Gasteiger partial charge in [-0.3, -0.25) is 0 Å². The first-order chi connectivity index (χ1) is 3.80. The lowest BCUT2D eigenvalue weighted by atomic mass is 9.96. The number of alkyl halides is 1. The molecule has 0 saturated heterocycles. The van der Waals surface area contributed by atoms with E-state index in [9.17, 15) is 0 Å². The van der Waals surface area contributed by atoms with Crippen molar-refractivity contribution >= 4 is 22.6 Å². The van der Waals surface area contributed by atoms with E-state index in [0.717, 1.165) is 3.92 Å². The van der Waals surface area contributed by atoms with E-state index in [2.05, 4.69) is 22.6 Å². The Morgan fingerprint density at radius 1 is 1.25 bits per heavy atom. The summed E-state index contributed by atoms with van der Waals surface area (Å²) >= 11 is 2.46. The quantitative estimate of drug-likeness (QED) is 0.492. The van der Waals surface area contributed by atoms with Gasteiger partial charge in [-0.1, -0.05) is 35.4 Å². The molecular weight excluding hydrogens is 213 g/mol. The van der Waals surface area contributed by atoms with E-state index in [1.165, 1.54) is 25.7 Å². The number of nitrogens with two attached hydrogens (primary N) is 1. The minimum absolute atomic E-state index is 0.490. The average molecular weight is 225 g/mol. The van der Waals surface area contributed by atoms with Crippen molar-refractivity contribution in [2.24, 2.45) is 5.73 Å². The summed E-state index contributed by atoms with van der Waals surface area (Å²) in [6.45, 7) is 0. The summed E-state index contributed by atoms with van der Waals surface area (Å²) in [4.78, 5) is 0. The van der Waals surface area contributed by atoms with Gasteiger partial charge in [0.2, 0.25) is 0 Å². The fraction of sp³-hybridized carbons (Fsp3) is 1.00. The van der Waals surface area contributed by atoms with Crippen LogP contribution in [0, 0.1) is 0 Å². The number of hydrogen-bond acceptors (Lipinski definition) is 1. The zero-order valence-corrected chi connectivity index (χ0v) is 7.10. The van der Waals surface area contributed by atoms with Crippen LogP contribution in [0.25, 0.3) is 0 Å². The molecule has 1 aliphatic rings. The minimum atomic E-state index is 0.490. The van der Waals surface area contributed by atoms with Crippen molar-refractivity contribution in [2.75, 3.05) is 0 Å². The first kappa shape index (κ1) is 6.81. The van der Waals surface area contributed by atoms with Gasteiger partial charge >= 0.3 is 0 Å². The number of halogens is 1. The van der Waals surface area contributed by atoms with Crippen LogP contribution in [-0.4, -0.2) is 9.97 Å². The summed E-state index contributed by atoms with van der Waals surface area (Å²) in [6, 6.07) is 0.490. The molecule has 2 atom stereocenters. The molecule has 0 aliphatic heterocycles. The van der Waals surface area contributed by atoms with Crippen molar-refractivity contribution in [3.8, 4) is 0 Å². The van der Waals surface area contributed by atoms with Gasteiger partial charge in [-0.2, -0.15) is 0 Å². The van der Waals surface area contributed by atoms with Crippen LogP contribution in [0.5, 0.6) is 0 Å². The van der Waals surface area contributed by atoms with Gasteiger partial charge in [-0.15, -0.1) is 0 Å². The van der Waals surface area contributed by atoms with Gasteiger partial charge in [0.1, 0.15) is 0 Å². The lowest BCUT2D eigenvalue weighted by Crippen LogP contribution is -2.33. The molecule has 0 aromatic carbocycles. The Kier molecular flexibility index (Phi) is 2.56. The predicted molar refractivity (Wildman–Crippen MR) is 44.3 cm³/mol. The van der Waals surface area contributed by atoms with Crippen molar-refractivity contribution in [1.82, 2.24) is 0 Å². The number of rotatable bonds is 0. The molecule has 0 bridgehead atoms. The first-order valence-corrected chi connectivity index (χ1v) is 4.45. The lowest BCUT2D eigenvalue weighted by Gasteiger charge is -2.22. The molecule has 1 nitrogen and oxygen atoms in total. The molecule has 0 radical (unpaired) electrons. The Hall–Kier alpha value is 0.690. The standard InChI is InChI=1S/C6H12IN/c7-5-3-1-2-4-6(5)8/h5-6H,1-4,8H2/t5-,6+/m0/s1. The minimum Gasteiger partial charge on any atom is -0.327 e. The second-order valence-electron chi connectivity index (χ2n) is 2.46. The first-order valence-electron chi connectivity index (χ1n) is 3.20. The maximum Gasteiger partial charge on any atom is 0.0261 e. The third-order valence-corrected chi connectivity index (χ3v) is 3.28. The molecule has 0 aromatic heterocycles.